The molecule has 3 aromatic rings. The third-order valence-corrected chi connectivity index (χ3v) is 4.64. The summed E-state index contributed by atoms with van der Waals surface area (Å²) in [4.78, 5) is 13.2. The number of anilines is 2. The Bertz CT molecular complexity index is 885. The number of benzene rings is 1. The maximum absolute atomic E-state index is 9.91. The molecule has 0 radical (unpaired) electrons. The fourth-order valence-corrected chi connectivity index (χ4v) is 3.30. The Morgan fingerprint density at radius 3 is 3.07 bits per heavy atom. The van der Waals surface area contributed by atoms with Crippen molar-refractivity contribution in [1.82, 2.24) is 30.6 Å². The van der Waals surface area contributed by atoms with Gasteiger partial charge in [-0.1, -0.05) is 18.2 Å². The monoisotopic (exact) mass is 366 g/mol. The van der Waals surface area contributed by atoms with Gasteiger partial charge in [-0.2, -0.15) is 10.2 Å². The number of tetrazole rings is 1. The minimum absolute atomic E-state index is 0.289. The molecular weight excluding hydrogens is 344 g/mol. The van der Waals surface area contributed by atoms with E-state index in [1.54, 1.807) is 6.20 Å². The molecule has 27 heavy (non-hydrogen) atoms. The molecule has 0 unspecified atom stereocenters. The van der Waals surface area contributed by atoms with Gasteiger partial charge < -0.3 is 14.9 Å². The number of hydrogen-bond donors (Lipinski definition) is 2. The van der Waals surface area contributed by atoms with Crippen LogP contribution in [0.15, 0.2) is 36.5 Å². The number of aromatic amines is 1. The lowest BCUT2D eigenvalue weighted by molar-refractivity contribution is 0.154. The molecule has 140 valence electrons. The number of hydrogen-bond acceptors (Lipinski definition) is 8. The molecule has 1 aromatic carbocycles. The summed E-state index contributed by atoms with van der Waals surface area (Å²) < 4.78 is 0. The first-order valence-electron chi connectivity index (χ1n) is 8.99. The fraction of sp³-hybridized carbons (Fsp3) is 0.389. The van der Waals surface area contributed by atoms with Gasteiger partial charge in [0.1, 0.15) is 5.82 Å². The first-order valence-corrected chi connectivity index (χ1v) is 8.99. The Morgan fingerprint density at radius 2 is 2.26 bits per heavy atom. The second-order valence-electron chi connectivity index (χ2n) is 6.75. The summed E-state index contributed by atoms with van der Waals surface area (Å²) in [6.45, 7) is 2.18. The van der Waals surface area contributed by atoms with E-state index in [0.29, 0.717) is 24.9 Å². The maximum Gasteiger partial charge on any atom is 0.227 e. The van der Waals surface area contributed by atoms with Crippen LogP contribution in [-0.4, -0.2) is 61.9 Å². The molecule has 0 aliphatic carbocycles. The van der Waals surface area contributed by atoms with Crippen molar-refractivity contribution in [2.45, 2.75) is 25.5 Å². The van der Waals surface area contributed by atoms with Crippen molar-refractivity contribution in [3.05, 3.63) is 42.1 Å². The third-order valence-electron chi connectivity index (χ3n) is 4.64. The van der Waals surface area contributed by atoms with Crippen LogP contribution < -0.4 is 9.80 Å². The summed E-state index contributed by atoms with van der Waals surface area (Å²) in [6, 6.07) is 9.90. The zero-order chi connectivity index (χ0) is 18.6. The highest BCUT2D eigenvalue weighted by Gasteiger charge is 2.19. The first kappa shape index (κ1) is 17.3. The van der Waals surface area contributed by atoms with Crippen LogP contribution in [0.4, 0.5) is 11.8 Å². The molecule has 1 atom stereocenters. The Labute approximate surface area is 157 Å². The van der Waals surface area contributed by atoms with Crippen molar-refractivity contribution in [2.24, 2.45) is 0 Å². The average molecular weight is 366 g/mol. The van der Waals surface area contributed by atoms with Crippen molar-refractivity contribution in [3.63, 3.8) is 0 Å². The second kappa shape index (κ2) is 7.67. The highest BCUT2D eigenvalue weighted by Crippen LogP contribution is 2.21. The minimum Gasteiger partial charge on any atom is -0.391 e. The van der Waals surface area contributed by atoms with E-state index in [2.05, 4.69) is 35.5 Å². The summed E-state index contributed by atoms with van der Waals surface area (Å²) in [5.41, 5.74) is 2.01. The number of rotatable bonds is 5. The number of piperidine rings is 1. The Kier molecular flexibility index (Phi) is 4.93. The van der Waals surface area contributed by atoms with E-state index in [1.165, 1.54) is 0 Å². The van der Waals surface area contributed by atoms with Gasteiger partial charge >= 0.3 is 0 Å². The first-order chi connectivity index (χ1) is 13.2. The van der Waals surface area contributed by atoms with Gasteiger partial charge in [-0.15, -0.1) is 10.2 Å². The van der Waals surface area contributed by atoms with Crippen LogP contribution in [0.1, 0.15) is 18.4 Å². The van der Waals surface area contributed by atoms with Crippen LogP contribution in [0, 0.1) is 0 Å². The second-order valence-corrected chi connectivity index (χ2v) is 6.75. The van der Waals surface area contributed by atoms with Gasteiger partial charge in [0.25, 0.3) is 0 Å². The van der Waals surface area contributed by atoms with Crippen LogP contribution in [0.5, 0.6) is 0 Å². The van der Waals surface area contributed by atoms with E-state index >= 15 is 0 Å². The average Bonchev–Trinajstić information content (AvgIpc) is 3.23. The van der Waals surface area contributed by atoms with Crippen molar-refractivity contribution >= 4 is 11.8 Å². The minimum atomic E-state index is -0.289. The third kappa shape index (κ3) is 4.03. The van der Waals surface area contributed by atoms with E-state index < -0.39 is 0 Å². The van der Waals surface area contributed by atoms with Gasteiger partial charge in [-0.05, 0) is 35.8 Å². The van der Waals surface area contributed by atoms with Crippen molar-refractivity contribution in [1.29, 1.82) is 0 Å². The summed E-state index contributed by atoms with van der Waals surface area (Å²) in [5.74, 6) is 2.07. The summed E-state index contributed by atoms with van der Waals surface area (Å²) in [7, 11) is 1.96. The molecule has 3 heterocycles. The number of β-amino-alcohol motifs (C(OH)–C–C–N with tert-alkyl or cyclic N) is 1. The molecule has 2 aromatic heterocycles. The smallest absolute Gasteiger partial charge is 0.227 e. The number of aromatic nitrogens is 6. The maximum atomic E-state index is 9.91. The van der Waals surface area contributed by atoms with E-state index in [0.717, 1.165) is 36.3 Å². The van der Waals surface area contributed by atoms with Crippen LogP contribution in [0.2, 0.25) is 0 Å². The Hall–Kier alpha value is -3.07. The molecule has 0 spiro atoms. The molecule has 0 bridgehead atoms. The van der Waals surface area contributed by atoms with Gasteiger partial charge in [0, 0.05) is 38.4 Å². The molecule has 2 N–H and O–H groups in total. The molecule has 9 nitrogen and oxygen atoms in total. The molecule has 1 aliphatic rings. The molecule has 0 saturated carbocycles. The molecule has 0 amide bonds. The molecule has 1 fully saturated rings. The quantitative estimate of drug-likeness (QED) is 0.695. The van der Waals surface area contributed by atoms with Crippen LogP contribution in [0.25, 0.3) is 11.4 Å². The number of nitrogens with one attached hydrogen (secondary N) is 1. The van der Waals surface area contributed by atoms with Gasteiger partial charge in [0.15, 0.2) is 0 Å². The molecule has 4 rings (SSSR count). The number of aliphatic hydroxyl groups excluding tert-OH is 1. The number of H-pyrrole nitrogens is 1. The van der Waals surface area contributed by atoms with Crippen LogP contribution >= 0.6 is 0 Å². The van der Waals surface area contributed by atoms with Gasteiger partial charge in [0.2, 0.25) is 11.8 Å². The molecule has 1 aliphatic heterocycles. The number of nitrogens with zero attached hydrogens (tertiary/aromatic N) is 7. The summed E-state index contributed by atoms with van der Waals surface area (Å²) >= 11 is 0. The van der Waals surface area contributed by atoms with Gasteiger partial charge in [-0.3, -0.25) is 0 Å². The Morgan fingerprint density at radius 1 is 1.33 bits per heavy atom. The largest absolute Gasteiger partial charge is 0.391 e. The van der Waals surface area contributed by atoms with E-state index in [1.807, 2.05) is 42.3 Å². The summed E-state index contributed by atoms with van der Waals surface area (Å²) in [5, 5.41) is 24.0. The van der Waals surface area contributed by atoms with Crippen LogP contribution in [0.3, 0.4) is 0 Å². The molecule has 1 saturated heterocycles. The van der Waals surface area contributed by atoms with Crippen molar-refractivity contribution in [2.75, 3.05) is 29.9 Å². The highest BCUT2D eigenvalue weighted by atomic mass is 16.3. The lowest BCUT2D eigenvalue weighted by atomic mass is 10.1. The lowest BCUT2D eigenvalue weighted by Crippen LogP contribution is -2.38. The predicted molar refractivity (Wildman–Crippen MR) is 101 cm³/mol. The zero-order valence-electron chi connectivity index (χ0n) is 15.2. The van der Waals surface area contributed by atoms with Crippen LogP contribution in [-0.2, 0) is 6.54 Å². The van der Waals surface area contributed by atoms with E-state index in [9.17, 15) is 5.11 Å². The zero-order valence-corrected chi connectivity index (χ0v) is 15.2. The Balaban J connectivity index is 1.49. The molecular formula is C18H22N8O. The standard InChI is InChI=1S/C18H22N8O/c1-25(11-13-4-2-5-14(10-13)17-21-23-24-22-17)18-19-8-7-16(20-18)26-9-3-6-15(27)12-26/h2,4-5,7-8,10,15,27H,3,6,9,11-12H2,1H3,(H,21,22,23,24)/t15-/m1/s1. The van der Waals surface area contributed by atoms with E-state index in [-0.39, 0.29) is 6.10 Å². The fourth-order valence-electron chi connectivity index (χ4n) is 3.30. The van der Waals surface area contributed by atoms with Crippen molar-refractivity contribution < 1.29 is 5.11 Å². The highest BCUT2D eigenvalue weighted by molar-refractivity contribution is 5.55. The van der Waals surface area contributed by atoms with Gasteiger partial charge in [0.05, 0.1) is 6.10 Å². The normalized spacial score (nSPS) is 17.1. The van der Waals surface area contributed by atoms with Gasteiger partial charge in [-0.25, -0.2) is 4.98 Å². The summed E-state index contributed by atoms with van der Waals surface area (Å²) in [6.07, 6.45) is 3.30. The lowest BCUT2D eigenvalue weighted by Gasteiger charge is -2.31. The predicted octanol–water partition coefficient (Wildman–Crippen LogP) is 1.25. The van der Waals surface area contributed by atoms with E-state index in [4.69, 9.17) is 0 Å². The number of aliphatic hydroxyl groups is 1. The molecule has 9 heteroatoms. The SMILES string of the molecule is CN(Cc1cccc(-c2nn[nH]n2)c1)c1nccc(N2CCC[C@@H](O)C2)n1. The van der Waals surface area contributed by atoms with Crippen molar-refractivity contribution in [3.8, 4) is 11.4 Å². The topological polar surface area (TPSA) is 107 Å².